The quantitative estimate of drug-likeness (QED) is 0.259. The molecule has 0 radical (unpaired) electrons. The van der Waals surface area contributed by atoms with Crippen molar-refractivity contribution < 1.29 is 19.4 Å². The van der Waals surface area contributed by atoms with E-state index in [2.05, 4.69) is 22.2 Å². The van der Waals surface area contributed by atoms with Gasteiger partial charge < -0.3 is 30.7 Å². The Morgan fingerprint density at radius 3 is 2.42 bits per heavy atom. The molecule has 8 nitrogen and oxygen atoms in total. The summed E-state index contributed by atoms with van der Waals surface area (Å²) in [4.78, 5) is 30.6. The molecular formula is C27H29ClN4O4. The van der Waals surface area contributed by atoms with E-state index >= 15 is 0 Å². The number of nitrogens with two attached hydrogens (primary N) is 1. The monoisotopic (exact) mass is 508 g/mol. The molecule has 0 spiro atoms. The predicted molar refractivity (Wildman–Crippen MR) is 143 cm³/mol. The fourth-order valence-corrected chi connectivity index (χ4v) is 4.46. The van der Waals surface area contributed by atoms with Crippen molar-refractivity contribution in [1.82, 2.24) is 4.90 Å². The molecule has 1 fully saturated rings. The van der Waals surface area contributed by atoms with Gasteiger partial charge in [0.25, 0.3) is 5.91 Å². The molecule has 0 saturated carbocycles. The number of phenolic OH excluding ortho intramolecular Hbond substituents is 1. The van der Waals surface area contributed by atoms with Crippen LogP contribution in [0.1, 0.15) is 32.7 Å². The first-order valence-corrected chi connectivity index (χ1v) is 12.0. The Balaban J connectivity index is 1.53. The number of nitrogen functional groups attached to an aromatic ring is 1. The van der Waals surface area contributed by atoms with E-state index < -0.39 is 17.4 Å². The van der Waals surface area contributed by atoms with Gasteiger partial charge >= 0.3 is 0 Å². The number of halogens is 1. The van der Waals surface area contributed by atoms with Crippen LogP contribution in [0.15, 0.2) is 54.6 Å². The number of benzene rings is 3. The standard InChI is InChI=1S/C27H29ClN4O4/c1-31-12-3-13-32(15-14-31)19-7-4-17(5-8-19)27(35)30-24-22(29)10-9-20(26(24)34)25(33)18-6-11-23(36-2)21(28)16-18/h4-11,16,34H,3,12-15,29H2,1-2H3,(H,30,35). The molecule has 3 aromatic rings. The van der Waals surface area contributed by atoms with E-state index in [1.807, 2.05) is 12.1 Å². The van der Waals surface area contributed by atoms with E-state index in [9.17, 15) is 14.7 Å². The molecule has 36 heavy (non-hydrogen) atoms. The third-order valence-corrected chi connectivity index (χ3v) is 6.62. The summed E-state index contributed by atoms with van der Waals surface area (Å²) in [6.45, 7) is 3.93. The van der Waals surface area contributed by atoms with Crippen LogP contribution < -0.4 is 20.7 Å². The highest BCUT2D eigenvalue weighted by molar-refractivity contribution is 6.32. The van der Waals surface area contributed by atoms with Crippen LogP contribution in [0.25, 0.3) is 0 Å². The number of ether oxygens (including phenoxy) is 1. The molecule has 9 heteroatoms. The van der Waals surface area contributed by atoms with Gasteiger partial charge in [0, 0.05) is 36.4 Å². The van der Waals surface area contributed by atoms with Crippen LogP contribution in [-0.4, -0.2) is 62.0 Å². The van der Waals surface area contributed by atoms with E-state index in [1.54, 1.807) is 24.3 Å². The average molecular weight is 509 g/mol. The summed E-state index contributed by atoms with van der Waals surface area (Å²) in [7, 11) is 3.59. The molecule has 0 aromatic heterocycles. The van der Waals surface area contributed by atoms with E-state index in [1.165, 1.54) is 25.3 Å². The van der Waals surface area contributed by atoms with Gasteiger partial charge in [0.2, 0.25) is 0 Å². The average Bonchev–Trinajstić information content (AvgIpc) is 3.10. The lowest BCUT2D eigenvalue weighted by Crippen LogP contribution is -2.28. The third kappa shape index (κ3) is 5.40. The zero-order valence-corrected chi connectivity index (χ0v) is 21.0. The molecule has 0 unspecified atom stereocenters. The normalized spacial score (nSPS) is 14.2. The fourth-order valence-electron chi connectivity index (χ4n) is 4.20. The van der Waals surface area contributed by atoms with Crippen LogP contribution >= 0.6 is 11.6 Å². The van der Waals surface area contributed by atoms with Crippen molar-refractivity contribution in [3.05, 3.63) is 76.3 Å². The maximum Gasteiger partial charge on any atom is 0.255 e. The van der Waals surface area contributed by atoms with Gasteiger partial charge in [-0.25, -0.2) is 0 Å². The van der Waals surface area contributed by atoms with Crippen molar-refractivity contribution in [1.29, 1.82) is 0 Å². The van der Waals surface area contributed by atoms with Crippen molar-refractivity contribution in [2.45, 2.75) is 6.42 Å². The van der Waals surface area contributed by atoms with Gasteiger partial charge in [0.15, 0.2) is 11.5 Å². The number of hydrogen-bond donors (Lipinski definition) is 3. The van der Waals surface area contributed by atoms with Crippen LogP contribution in [0.4, 0.5) is 17.1 Å². The summed E-state index contributed by atoms with van der Waals surface area (Å²) < 4.78 is 5.12. The largest absolute Gasteiger partial charge is 0.505 e. The Morgan fingerprint density at radius 1 is 1.00 bits per heavy atom. The van der Waals surface area contributed by atoms with Crippen LogP contribution in [-0.2, 0) is 0 Å². The molecule has 1 aliphatic rings. The van der Waals surface area contributed by atoms with E-state index in [0.717, 1.165) is 38.3 Å². The highest BCUT2D eigenvalue weighted by atomic mass is 35.5. The van der Waals surface area contributed by atoms with Crippen LogP contribution in [0.5, 0.6) is 11.5 Å². The first-order valence-electron chi connectivity index (χ1n) is 11.6. The molecule has 0 aliphatic carbocycles. The number of hydrogen-bond acceptors (Lipinski definition) is 7. The number of carbonyl (C=O) groups is 2. The van der Waals surface area contributed by atoms with Crippen LogP contribution in [0.2, 0.25) is 5.02 Å². The number of methoxy groups -OCH3 is 1. The maximum absolute atomic E-state index is 13.1. The predicted octanol–water partition coefficient (Wildman–Crippen LogP) is 4.26. The second kappa shape index (κ2) is 10.9. The molecule has 1 heterocycles. The van der Waals surface area contributed by atoms with Gasteiger partial charge in [-0.2, -0.15) is 0 Å². The van der Waals surface area contributed by atoms with Crippen molar-refractivity contribution in [2.75, 3.05) is 56.3 Å². The lowest BCUT2D eigenvalue weighted by Gasteiger charge is -2.23. The summed E-state index contributed by atoms with van der Waals surface area (Å²) in [5.74, 6) is -0.904. The number of amides is 1. The summed E-state index contributed by atoms with van der Waals surface area (Å²) >= 11 is 6.15. The maximum atomic E-state index is 13.1. The first kappa shape index (κ1) is 25.3. The minimum atomic E-state index is -0.472. The van der Waals surface area contributed by atoms with Gasteiger partial charge in [0.05, 0.1) is 23.4 Å². The number of anilines is 3. The van der Waals surface area contributed by atoms with Gasteiger partial charge in [-0.05, 0) is 74.6 Å². The van der Waals surface area contributed by atoms with Gasteiger partial charge in [-0.15, -0.1) is 0 Å². The van der Waals surface area contributed by atoms with Crippen molar-refractivity contribution >= 4 is 40.4 Å². The number of nitrogens with one attached hydrogen (secondary N) is 1. The lowest BCUT2D eigenvalue weighted by atomic mass is 10.0. The Hall–Kier alpha value is -3.75. The van der Waals surface area contributed by atoms with Crippen molar-refractivity contribution in [3.8, 4) is 11.5 Å². The smallest absolute Gasteiger partial charge is 0.255 e. The van der Waals surface area contributed by atoms with Crippen molar-refractivity contribution in [2.24, 2.45) is 0 Å². The number of ketones is 1. The second-order valence-corrected chi connectivity index (χ2v) is 9.16. The molecule has 4 rings (SSSR count). The minimum absolute atomic E-state index is 0.0118. The summed E-state index contributed by atoms with van der Waals surface area (Å²) in [5.41, 5.74) is 7.85. The minimum Gasteiger partial charge on any atom is -0.505 e. The van der Waals surface area contributed by atoms with E-state index in [-0.39, 0.29) is 27.5 Å². The Morgan fingerprint density at radius 2 is 1.72 bits per heavy atom. The van der Waals surface area contributed by atoms with Crippen LogP contribution in [0.3, 0.4) is 0 Å². The molecule has 0 atom stereocenters. The molecule has 0 bridgehead atoms. The number of rotatable bonds is 6. The van der Waals surface area contributed by atoms with Gasteiger partial charge in [0.1, 0.15) is 11.4 Å². The molecule has 1 amide bonds. The number of carbonyl (C=O) groups excluding carboxylic acids is 2. The van der Waals surface area contributed by atoms with Gasteiger partial charge in [-0.1, -0.05) is 11.6 Å². The Labute approximate surface area is 215 Å². The third-order valence-electron chi connectivity index (χ3n) is 6.32. The molecular weight excluding hydrogens is 480 g/mol. The molecule has 1 saturated heterocycles. The topological polar surface area (TPSA) is 108 Å². The number of phenols is 1. The highest BCUT2D eigenvalue weighted by Crippen LogP contribution is 2.36. The number of nitrogens with zero attached hydrogens (tertiary/aromatic N) is 2. The molecule has 188 valence electrons. The number of aromatic hydroxyl groups is 1. The van der Waals surface area contributed by atoms with E-state index in [4.69, 9.17) is 22.1 Å². The summed E-state index contributed by atoms with van der Waals surface area (Å²) in [6.07, 6.45) is 1.08. The second-order valence-electron chi connectivity index (χ2n) is 8.75. The Kier molecular flexibility index (Phi) is 7.67. The van der Waals surface area contributed by atoms with Gasteiger partial charge in [-0.3, -0.25) is 9.59 Å². The lowest BCUT2D eigenvalue weighted by molar-refractivity contribution is 0.101. The SMILES string of the molecule is COc1ccc(C(=O)c2ccc(N)c(NC(=O)c3ccc(N4CCCN(C)CC4)cc3)c2O)cc1Cl. The van der Waals surface area contributed by atoms with Crippen LogP contribution in [0, 0.1) is 0 Å². The first-order chi connectivity index (χ1) is 17.3. The Bertz CT molecular complexity index is 1280. The highest BCUT2D eigenvalue weighted by Gasteiger charge is 2.21. The summed E-state index contributed by atoms with van der Waals surface area (Å²) in [6, 6.07) is 14.8. The van der Waals surface area contributed by atoms with E-state index in [0.29, 0.717) is 11.3 Å². The zero-order chi connectivity index (χ0) is 25.8. The molecule has 3 aromatic carbocycles. The molecule has 1 aliphatic heterocycles. The number of likely N-dealkylation sites (N-methyl/N-ethyl adjacent to an activating group) is 1. The zero-order valence-electron chi connectivity index (χ0n) is 20.3. The van der Waals surface area contributed by atoms with Crippen molar-refractivity contribution in [3.63, 3.8) is 0 Å². The summed E-state index contributed by atoms with van der Waals surface area (Å²) in [5, 5.41) is 13.8. The fraction of sp³-hybridized carbons (Fsp3) is 0.259. The molecule has 4 N–H and O–H groups in total.